The standard InChI is InChI=1S/C23H24N2O6/c1-5-30-20(26)13-15-11-17-14-18(16-9-7-6-8-10-16)24(22(27)31-23(2,3)4)21(17)19(12-15)25(28)29/h6-12,14H,5,13H2,1-4H3. The molecule has 1 heterocycles. The lowest BCUT2D eigenvalue weighted by molar-refractivity contribution is -0.383. The van der Waals surface area contributed by atoms with Crippen LogP contribution >= 0.6 is 0 Å². The van der Waals surface area contributed by atoms with Crippen LogP contribution in [0.3, 0.4) is 0 Å². The molecular formula is C23H24N2O6. The van der Waals surface area contributed by atoms with Crippen LogP contribution in [0.15, 0.2) is 48.5 Å². The first-order chi connectivity index (χ1) is 14.6. The van der Waals surface area contributed by atoms with Gasteiger partial charge in [0.05, 0.1) is 23.6 Å². The Kier molecular flexibility index (Phi) is 6.10. The minimum absolute atomic E-state index is 0.108. The molecular weight excluding hydrogens is 400 g/mol. The van der Waals surface area contributed by atoms with E-state index in [2.05, 4.69) is 0 Å². The van der Waals surface area contributed by atoms with Crippen molar-refractivity contribution in [1.29, 1.82) is 0 Å². The van der Waals surface area contributed by atoms with Crippen molar-refractivity contribution in [1.82, 2.24) is 4.57 Å². The van der Waals surface area contributed by atoms with Gasteiger partial charge in [0.1, 0.15) is 11.1 Å². The summed E-state index contributed by atoms with van der Waals surface area (Å²) < 4.78 is 11.7. The fourth-order valence-electron chi connectivity index (χ4n) is 3.33. The number of aromatic nitrogens is 1. The Bertz CT molecular complexity index is 1140. The zero-order valence-corrected chi connectivity index (χ0v) is 17.9. The number of non-ortho nitro benzene ring substituents is 1. The van der Waals surface area contributed by atoms with Gasteiger partial charge in [-0.25, -0.2) is 9.36 Å². The quantitative estimate of drug-likeness (QED) is 0.321. The summed E-state index contributed by atoms with van der Waals surface area (Å²) in [6, 6.07) is 13.7. The van der Waals surface area contributed by atoms with Gasteiger partial charge in [0.25, 0.3) is 5.69 Å². The van der Waals surface area contributed by atoms with Gasteiger partial charge in [-0.1, -0.05) is 30.3 Å². The van der Waals surface area contributed by atoms with Crippen LogP contribution in [-0.2, 0) is 20.7 Å². The molecule has 0 saturated heterocycles. The molecule has 0 amide bonds. The van der Waals surface area contributed by atoms with Crippen LogP contribution in [-0.4, -0.2) is 33.8 Å². The summed E-state index contributed by atoms with van der Waals surface area (Å²) in [4.78, 5) is 36.4. The molecule has 3 aromatic rings. The van der Waals surface area contributed by atoms with E-state index in [1.54, 1.807) is 52.0 Å². The molecule has 1 aromatic heterocycles. The first-order valence-corrected chi connectivity index (χ1v) is 9.88. The van der Waals surface area contributed by atoms with Gasteiger partial charge < -0.3 is 9.47 Å². The molecule has 0 fully saturated rings. The highest BCUT2D eigenvalue weighted by atomic mass is 16.6. The first-order valence-electron chi connectivity index (χ1n) is 9.88. The average molecular weight is 424 g/mol. The first kappa shape index (κ1) is 22.0. The van der Waals surface area contributed by atoms with E-state index < -0.39 is 22.6 Å². The lowest BCUT2D eigenvalue weighted by Gasteiger charge is -2.21. The van der Waals surface area contributed by atoms with E-state index in [0.717, 1.165) is 0 Å². The van der Waals surface area contributed by atoms with Crippen molar-refractivity contribution >= 4 is 28.7 Å². The van der Waals surface area contributed by atoms with E-state index in [9.17, 15) is 19.7 Å². The van der Waals surface area contributed by atoms with Crippen LogP contribution < -0.4 is 0 Å². The highest BCUT2D eigenvalue weighted by Crippen LogP contribution is 2.35. The number of nitro groups is 1. The third-order valence-corrected chi connectivity index (χ3v) is 4.43. The van der Waals surface area contributed by atoms with Crippen molar-refractivity contribution in [2.24, 2.45) is 0 Å². The predicted octanol–water partition coefficient (Wildman–Crippen LogP) is 5.11. The molecule has 2 aromatic carbocycles. The molecule has 31 heavy (non-hydrogen) atoms. The van der Waals surface area contributed by atoms with Gasteiger partial charge in [-0.15, -0.1) is 0 Å². The van der Waals surface area contributed by atoms with E-state index in [1.165, 1.54) is 10.6 Å². The van der Waals surface area contributed by atoms with E-state index in [4.69, 9.17) is 9.47 Å². The van der Waals surface area contributed by atoms with Crippen LogP contribution in [0, 0.1) is 10.1 Å². The Morgan fingerprint density at radius 1 is 1.10 bits per heavy atom. The van der Waals surface area contributed by atoms with Gasteiger partial charge in [-0.3, -0.25) is 14.9 Å². The average Bonchev–Trinajstić information content (AvgIpc) is 3.06. The fraction of sp³-hybridized carbons (Fsp3) is 0.304. The maximum atomic E-state index is 13.1. The highest BCUT2D eigenvalue weighted by Gasteiger charge is 2.28. The summed E-state index contributed by atoms with van der Waals surface area (Å²) >= 11 is 0. The summed E-state index contributed by atoms with van der Waals surface area (Å²) in [5.41, 5.74) is 0.626. The number of hydrogen-bond donors (Lipinski definition) is 0. The second-order valence-electron chi connectivity index (χ2n) is 8.00. The zero-order chi connectivity index (χ0) is 22.8. The lowest BCUT2D eigenvalue weighted by Crippen LogP contribution is -2.27. The van der Waals surface area contributed by atoms with Crippen molar-refractivity contribution in [3.05, 3.63) is 64.2 Å². The van der Waals surface area contributed by atoms with Gasteiger partial charge >= 0.3 is 12.1 Å². The van der Waals surface area contributed by atoms with Crippen molar-refractivity contribution < 1.29 is 24.0 Å². The Morgan fingerprint density at radius 2 is 1.77 bits per heavy atom. The van der Waals surface area contributed by atoms with Crippen molar-refractivity contribution in [3.63, 3.8) is 0 Å². The molecule has 0 aliphatic carbocycles. The Balaban J connectivity index is 2.28. The van der Waals surface area contributed by atoms with Gasteiger partial charge in [-0.05, 0) is 51.0 Å². The number of esters is 1. The van der Waals surface area contributed by atoms with E-state index in [0.29, 0.717) is 22.2 Å². The minimum Gasteiger partial charge on any atom is -0.466 e. The van der Waals surface area contributed by atoms with E-state index in [1.807, 2.05) is 18.2 Å². The molecule has 162 valence electrons. The Hall–Kier alpha value is -3.68. The SMILES string of the molecule is CCOC(=O)Cc1cc([N+](=O)[O-])c2c(c1)cc(-c1ccccc1)n2C(=O)OC(C)(C)C. The molecule has 8 nitrogen and oxygen atoms in total. The smallest absolute Gasteiger partial charge is 0.419 e. The van der Waals surface area contributed by atoms with E-state index in [-0.39, 0.29) is 24.2 Å². The number of fused-ring (bicyclic) bond motifs is 1. The Labute approximate surface area is 179 Å². The van der Waals surface area contributed by atoms with Crippen molar-refractivity contribution in [3.8, 4) is 11.3 Å². The summed E-state index contributed by atoms with van der Waals surface area (Å²) in [5.74, 6) is -0.481. The third-order valence-electron chi connectivity index (χ3n) is 4.43. The zero-order valence-electron chi connectivity index (χ0n) is 17.9. The molecule has 0 bridgehead atoms. The number of carbonyl (C=O) groups is 2. The normalized spacial score (nSPS) is 11.4. The topological polar surface area (TPSA) is 101 Å². The summed E-state index contributed by atoms with van der Waals surface area (Å²) in [6.07, 6.45) is -0.828. The number of rotatable bonds is 5. The predicted molar refractivity (Wildman–Crippen MR) is 116 cm³/mol. The number of nitrogens with zero attached hydrogens (tertiary/aromatic N) is 2. The van der Waals surface area contributed by atoms with Crippen LogP contribution in [0.4, 0.5) is 10.5 Å². The Morgan fingerprint density at radius 3 is 2.35 bits per heavy atom. The third kappa shape index (κ3) is 4.91. The monoisotopic (exact) mass is 424 g/mol. The number of carbonyl (C=O) groups excluding carboxylic acids is 2. The number of hydrogen-bond acceptors (Lipinski definition) is 6. The molecule has 0 spiro atoms. The fourth-order valence-corrected chi connectivity index (χ4v) is 3.33. The maximum absolute atomic E-state index is 13.1. The lowest BCUT2D eigenvalue weighted by atomic mass is 10.1. The van der Waals surface area contributed by atoms with Crippen molar-refractivity contribution in [2.75, 3.05) is 6.61 Å². The molecule has 3 rings (SSSR count). The minimum atomic E-state index is -0.791. The molecule has 0 aliphatic heterocycles. The van der Waals surface area contributed by atoms with Crippen LogP contribution in [0.2, 0.25) is 0 Å². The largest absolute Gasteiger partial charge is 0.466 e. The maximum Gasteiger partial charge on any atom is 0.419 e. The summed E-state index contributed by atoms with van der Waals surface area (Å²) in [7, 11) is 0. The van der Waals surface area contributed by atoms with Crippen LogP contribution in [0.25, 0.3) is 22.2 Å². The summed E-state index contributed by atoms with van der Waals surface area (Å²) in [6.45, 7) is 7.09. The molecule has 0 atom stereocenters. The number of nitro benzene ring substituents is 1. The van der Waals surface area contributed by atoms with Gasteiger partial charge in [0, 0.05) is 11.5 Å². The highest BCUT2D eigenvalue weighted by molar-refractivity contribution is 6.01. The van der Waals surface area contributed by atoms with Gasteiger partial charge in [0.2, 0.25) is 0 Å². The second kappa shape index (κ2) is 8.59. The number of ether oxygens (including phenoxy) is 2. The molecule has 0 aliphatic rings. The van der Waals surface area contributed by atoms with Gasteiger partial charge in [0.15, 0.2) is 0 Å². The molecule has 0 radical (unpaired) electrons. The van der Waals surface area contributed by atoms with Crippen molar-refractivity contribution in [2.45, 2.75) is 39.7 Å². The number of benzene rings is 2. The molecule has 0 N–H and O–H groups in total. The van der Waals surface area contributed by atoms with Gasteiger partial charge in [-0.2, -0.15) is 0 Å². The molecule has 0 saturated carbocycles. The molecule has 0 unspecified atom stereocenters. The van der Waals surface area contributed by atoms with E-state index >= 15 is 0 Å². The van der Waals surface area contributed by atoms with Crippen LogP contribution in [0.5, 0.6) is 0 Å². The molecule has 8 heteroatoms. The second-order valence-corrected chi connectivity index (χ2v) is 8.00. The van der Waals surface area contributed by atoms with Crippen LogP contribution in [0.1, 0.15) is 33.3 Å². The summed E-state index contributed by atoms with van der Waals surface area (Å²) in [5, 5.41) is 12.4.